The molecule has 4 rings (SSSR count). The molecule has 2 heterocycles. The standard InChI is InChI=1S/C22H21ClN2O6S/c1-11-18(21(27)29-3)19(12-8-14(23)20(26)17(9-12)28-2)24-22(32)25(11)13-4-5-15-16(10-13)31-7-6-30-15/h4-5,8-10,19,26H,6-7H2,1-3H3,(H,24,32)/t19-/m1/s1. The maximum Gasteiger partial charge on any atom is 0.337 e. The summed E-state index contributed by atoms with van der Waals surface area (Å²) in [5.41, 5.74) is 2.18. The first-order valence-electron chi connectivity index (χ1n) is 9.71. The monoisotopic (exact) mass is 476 g/mol. The van der Waals surface area contributed by atoms with E-state index in [9.17, 15) is 9.90 Å². The Bertz CT molecular complexity index is 1140. The van der Waals surface area contributed by atoms with Crippen LogP contribution in [0.4, 0.5) is 5.69 Å². The fourth-order valence-electron chi connectivity index (χ4n) is 3.77. The molecule has 0 radical (unpaired) electrons. The maximum absolute atomic E-state index is 12.8. The summed E-state index contributed by atoms with van der Waals surface area (Å²) >= 11 is 11.8. The number of ether oxygens (including phenoxy) is 4. The number of anilines is 1. The fraction of sp³-hybridized carbons (Fsp3) is 0.273. The van der Waals surface area contributed by atoms with E-state index < -0.39 is 12.0 Å². The second-order valence-electron chi connectivity index (χ2n) is 7.09. The molecule has 0 fully saturated rings. The number of nitrogens with one attached hydrogen (secondary N) is 1. The summed E-state index contributed by atoms with van der Waals surface area (Å²) in [7, 11) is 2.73. The smallest absolute Gasteiger partial charge is 0.337 e. The molecule has 2 aromatic rings. The fourth-order valence-corrected chi connectivity index (χ4v) is 4.34. The minimum atomic E-state index is -0.671. The SMILES string of the molecule is COC(=O)C1=C(C)N(c2ccc3c(c2)OCCO3)C(=S)N[C@@H]1c1cc(Cl)c(O)c(OC)c1. The van der Waals surface area contributed by atoms with E-state index in [0.29, 0.717) is 52.3 Å². The second kappa shape index (κ2) is 8.76. The number of rotatable bonds is 4. The van der Waals surface area contributed by atoms with Crippen LogP contribution in [0, 0.1) is 0 Å². The highest BCUT2D eigenvalue weighted by molar-refractivity contribution is 7.80. The Labute approximate surface area is 195 Å². The summed E-state index contributed by atoms with van der Waals surface area (Å²) in [6.45, 7) is 2.72. The van der Waals surface area contributed by atoms with E-state index in [2.05, 4.69) is 5.32 Å². The maximum atomic E-state index is 12.8. The average Bonchev–Trinajstić information content (AvgIpc) is 2.79. The average molecular weight is 477 g/mol. The van der Waals surface area contributed by atoms with Gasteiger partial charge in [0, 0.05) is 11.8 Å². The number of aromatic hydroxyl groups is 1. The lowest BCUT2D eigenvalue weighted by Crippen LogP contribution is -2.48. The van der Waals surface area contributed by atoms with Crippen molar-refractivity contribution < 1.29 is 28.8 Å². The lowest BCUT2D eigenvalue weighted by atomic mass is 9.94. The van der Waals surface area contributed by atoms with Crippen LogP contribution in [-0.4, -0.2) is 43.6 Å². The highest BCUT2D eigenvalue weighted by Gasteiger charge is 2.36. The molecule has 0 bridgehead atoms. The first-order chi connectivity index (χ1) is 15.3. The summed E-state index contributed by atoms with van der Waals surface area (Å²) in [5, 5.41) is 13.7. The number of thiocarbonyl (C=S) groups is 1. The molecule has 2 aromatic carbocycles. The molecule has 0 saturated carbocycles. The van der Waals surface area contributed by atoms with Gasteiger partial charge in [-0.3, -0.25) is 4.90 Å². The minimum Gasteiger partial charge on any atom is -0.503 e. The third kappa shape index (κ3) is 3.78. The van der Waals surface area contributed by atoms with Crippen molar-refractivity contribution in [3.63, 3.8) is 0 Å². The highest BCUT2D eigenvalue weighted by Crippen LogP contribution is 2.42. The largest absolute Gasteiger partial charge is 0.503 e. The Morgan fingerprint density at radius 2 is 1.94 bits per heavy atom. The van der Waals surface area contributed by atoms with E-state index in [-0.39, 0.29) is 16.5 Å². The molecule has 10 heteroatoms. The summed E-state index contributed by atoms with van der Waals surface area (Å²) in [6.07, 6.45) is 0. The third-order valence-corrected chi connectivity index (χ3v) is 5.87. The Morgan fingerprint density at radius 3 is 2.62 bits per heavy atom. The number of benzene rings is 2. The van der Waals surface area contributed by atoms with Gasteiger partial charge in [0.05, 0.1) is 36.5 Å². The first kappa shape index (κ1) is 22.0. The molecule has 0 spiro atoms. The van der Waals surface area contributed by atoms with Crippen LogP contribution in [0.1, 0.15) is 18.5 Å². The van der Waals surface area contributed by atoms with Crippen molar-refractivity contribution >= 4 is 40.6 Å². The molecule has 0 aromatic heterocycles. The second-order valence-corrected chi connectivity index (χ2v) is 7.88. The lowest BCUT2D eigenvalue weighted by molar-refractivity contribution is -0.136. The van der Waals surface area contributed by atoms with Crippen molar-refractivity contribution in [2.75, 3.05) is 32.3 Å². The first-order valence-corrected chi connectivity index (χ1v) is 10.5. The summed E-state index contributed by atoms with van der Waals surface area (Å²) < 4.78 is 21.6. The molecule has 32 heavy (non-hydrogen) atoms. The van der Waals surface area contributed by atoms with E-state index in [1.165, 1.54) is 14.2 Å². The van der Waals surface area contributed by atoms with Crippen molar-refractivity contribution in [2.24, 2.45) is 0 Å². The molecule has 168 valence electrons. The predicted octanol–water partition coefficient (Wildman–Crippen LogP) is 3.71. The van der Waals surface area contributed by atoms with Gasteiger partial charge in [0.15, 0.2) is 28.1 Å². The minimum absolute atomic E-state index is 0.0863. The summed E-state index contributed by atoms with van der Waals surface area (Å²) in [5.74, 6) is 0.703. The molecule has 2 N–H and O–H groups in total. The van der Waals surface area contributed by atoms with E-state index in [1.807, 2.05) is 12.1 Å². The molecule has 0 amide bonds. The molecule has 2 aliphatic heterocycles. The van der Waals surface area contributed by atoms with E-state index >= 15 is 0 Å². The Kier molecular flexibility index (Phi) is 6.03. The van der Waals surface area contributed by atoms with Crippen LogP contribution < -0.4 is 24.4 Å². The van der Waals surface area contributed by atoms with Gasteiger partial charge in [-0.2, -0.15) is 0 Å². The van der Waals surface area contributed by atoms with E-state index in [4.69, 9.17) is 42.8 Å². The van der Waals surface area contributed by atoms with Crippen molar-refractivity contribution in [1.29, 1.82) is 0 Å². The summed E-state index contributed by atoms with van der Waals surface area (Å²) in [4.78, 5) is 14.6. The number of halogens is 1. The molecule has 8 nitrogen and oxygen atoms in total. The van der Waals surface area contributed by atoms with Crippen molar-refractivity contribution in [3.05, 3.63) is 52.2 Å². The molecular formula is C22H21ClN2O6S. The number of phenols is 1. The molecule has 0 unspecified atom stereocenters. The number of nitrogens with zero attached hydrogens (tertiary/aromatic N) is 1. The normalized spacial score (nSPS) is 17.7. The van der Waals surface area contributed by atoms with E-state index in [0.717, 1.165) is 0 Å². The van der Waals surface area contributed by atoms with Gasteiger partial charge in [0.1, 0.15) is 13.2 Å². The van der Waals surface area contributed by atoms with Crippen LogP contribution in [-0.2, 0) is 9.53 Å². The van der Waals surface area contributed by atoms with Crippen molar-refractivity contribution in [2.45, 2.75) is 13.0 Å². The number of fused-ring (bicyclic) bond motifs is 1. The quantitative estimate of drug-likeness (QED) is 0.506. The van der Waals surface area contributed by atoms with Gasteiger partial charge in [-0.15, -0.1) is 0 Å². The number of hydrogen-bond donors (Lipinski definition) is 2. The number of hydrogen-bond acceptors (Lipinski definition) is 7. The van der Waals surface area contributed by atoms with Gasteiger partial charge in [-0.05, 0) is 49.0 Å². The number of phenolic OH excluding ortho intramolecular Hbond substituents is 1. The molecule has 2 aliphatic rings. The Hall–Kier alpha value is -3.17. The van der Waals surface area contributed by atoms with Crippen LogP contribution in [0.5, 0.6) is 23.0 Å². The third-order valence-electron chi connectivity index (χ3n) is 5.28. The number of carbonyl (C=O) groups is 1. The van der Waals surface area contributed by atoms with Gasteiger partial charge in [-0.25, -0.2) is 4.79 Å². The lowest BCUT2D eigenvalue weighted by Gasteiger charge is -2.37. The van der Waals surface area contributed by atoms with Gasteiger partial charge in [0.25, 0.3) is 0 Å². The van der Waals surface area contributed by atoms with Crippen LogP contribution in [0.25, 0.3) is 0 Å². The van der Waals surface area contributed by atoms with Gasteiger partial charge >= 0.3 is 5.97 Å². The summed E-state index contributed by atoms with van der Waals surface area (Å²) in [6, 6.07) is 7.92. The Balaban J connectivity index is 1.83. The molecule has 1 atom stereocenters. The Morgan fingerprint density at radius 1 is 1.22 bits per heavy atom. The highest BCUT2D eigenvalue weighted by atomic mass is 35.5. The number of allylic oxidation sites excluding steroid dienone is 1. The number of esters is 1. The molecule has 0 aliphatic carbocycles. The van der Waals surface area contributed by atoms with Crippen LogP contribution in [0.15, 0.2) is 41.6 Å². The number of methoxy groups -OCH3 is 2. The predicted molar refractivity (Wildman–Crippen MR) is 123 cm³/mol. The van der Waals surface area contributed by atoms with Crippen molar-refractivity contribution in [3.8, 4) is 23.0 Å². The number of carbonyl (C=O) groups excluding carboxylic acids is 1. The molecule has 0 saturated heterocycles. The zero-order valence-corrected chi connectivity index (χ0v) is 19.2. The van der Waals surface area contributed by atoms with Crippen LogP contribution in [0.2, 0.25) is 5.02 Å². The van der Waals surface area contributed by atoms with Gasteiger partial charge < -0.3 is 29.4 Å². The van der Waals surface area contributed by atoms with Crippen molar-refractivity contribution in [1.82, 2.24) is 5.32 Å². The zero-order chi connectivity index (χ0) is 23.0. The topological polar surface area (TPSA) is 89.5 Å². The van der Waals surface area contributed by atoms with Crippen LogP contribution >= 0.6 is 23.8 Å². The zero-order valence-electron chi connectivity index (χ0n) is 17.6. The van der Waals surface area contributed by atoms with Crippen LogP contribution in [0.3, 0.4) is 0 Å². The van der Waals surface area contributed by atoms with Gasteiger partial charge in [0.2, 0.25) is 0 Å². The van der Waals surface area contributed by atoms with E-state index in [1.54, 1.807) is 30.0 Å². The molecular weight excluding hydrogens is 456 g/mol. The van der Waals surface area contributed by atoms with Gasteiger partial charge in [-0.1, -0.05) is 11.6 Å².